The third-order valence-electron chi connectivity index (χ3n) is 2.75. The van der Waals surface area contributed by atoms with E-state index in [1.54, 1.807) is 24.3 Å². The number of hydrogen-bond acceptors (Lipinski definition) is 3. The molecule has 0 fully saturated rings. The highest BCUT2D eigenvalue weighted by molar-refractivity contribution is 5.92. The van der Waals surface area contributed by atoms with Gasteiger partial charge < -0.3 is 10.1 Å². The second-order valence-electron chi connectivity index (χ2n) is 4.29. The number of anilines is 1. The number of carbonyl (C=O) groups is 1. The van der Waals surface area contributed by atoms with Crippen LogP contribution < -0.4 is 10.1 Å². The minimum absolute atomic E-state index is 0.0940. The first-order chi connectivity index (χ1) is 9.69. The molecule has 100 valence electrons. The van der Waals surface area contributed by atoms with Gasteiger partial charge in [0.25, 0.3) is 5.91 Å². The van der Waals surface area contributed by atoms with Crippen molar-refractivity contribution in [3.05, 3.63) is 59.7 Å². The summed E-state index contributed by atoms with van der Waals surface area (Å²) in [7, 11) is 0. The molecule has 0 radical (unpaired) electrons. The standard InChI is InChI=1S/C16H14N2O2/c1-12-5-2-3-8-15(12)18-16(19)11-20-14-7-4-6-13(9-14)10-17/h2-9H,11H2,1H3,(H,18,19). The van der Waals surface area contributed by atoms with Crippen LogP contribution in [0.25, 0.3) is 0 Å². The van der Waals surface area contributed by atoms with E-state index in [-0.39, 0.29) is 12.5 Å². The van der Waals surface area contributed by atoms with Crippen LogP contribution in [0.1, 0.15) is 11.1 Å². The van der Waals surface area contributed by atoms with Crippen LogP contribution in [0, 0.1) is 18.3 Å². The molecule has 0 spiro atoms. The van der Waals surface area contributed by atoms with Gasteiger partial charge in [0.2, 0.25) is 0 Å². The maximum Gasteiger partial charge on any atom is 0.262 e. The Morgan fingerprint density at radius 2 is 2.05 bits per heavy atom. The van der Waals surface area contributed by atoms with Gasteiger partial charge >= 0.3 is 0 Å². The van der Waals surface area contributed by atoms with E-state index >= 15 is 0 Å². The summed E-state index contributed by atoms with van der Waals surface area (Å²) in [4.78, 5) is 11.8. The molecule has 0 heterocycles. The van der Waals surface area contributed by atoms with Crippen LogP contribution in [0.5, 0.6) is 5.75 Å². The Bertz CT molecular complexity index is 660. The molecular weight excluding hydrogens is 252 g/mol. The number of benzene rings is 2. The molecule has 2 aromatic rings. The van der Waals surface area contributed by atoms with Crippen molar-refractivity contribution in [2.24, 2.45) is 0 Å². The number of aryl methyl sites for hydroxylation is 1. The number of ether oxygens (including phenoxy) is 1. The molecule has 2 rings (SSSR count). The first-order valence-electron chi connectivity index (χ1n) is 6.17. The quantitative estimate of drug-likeness (QED) is 0.925. The second-order valence-corrected chi connectivity index (χ2v) is 4.29. The van der Waals surface area contributed by atoms with E-state index in [1.807, 2.05) is 37.3 Å². The van der Waals surface area contributed by atoms with Gasteiger partial charge in [-0.3, -0.25) is 4.79 Å². The van der Waals surface area contributed by atoms with E-state index in [0.717, 1.165) is 11.3 Å². The van der Waals surface area contributed by atoms with E-state index in [2.05, 4.69) is 5.32 Å². The van der Waals surface area contributed by atoms with Gasteiger partial charge in [-0.25, -0.2) is 0 Å². The third kappa shape index (κ3) is 3.59. The van der Waals surface area contributed by atoms with Crippen molar-refractivity contribution in [2.75, 3.05) is 11.9 Å². The average Bonchev–Trinajstić information content (AvgIpc) is 2.48. The lowest BCUT2D eigenvalue weighted by molar-refractivity contribution is -0.118. The predicted octanol–water partition coefficient (Wildman–Crippen LogP) is 2.88. The van der Waals surface area contributed by atoms with Crippen molar-refractivity contribution < 1.29 is 9.53 Å². The molecule has 4 heteroatoms. The molecule has 0 aliphatic heterocycles. The van der Waals surface area contributed by atoms with Gasteiger partial charge in [-0.05, 0) is 36.8 Å². The molecule has 0 aliphatic rings. The fourth-order valence-electron chi connectivity index (χ4n) is 1.70. The Balaban J connectivity index is 1.93. The van der Waals surface area contributed by atoms with E-state index in [9.17, 15) is 4.79 Å². The Hall–Kier alpha value is -2.80. The SMILES string of the molecule is Cc1ccccc1NC(=O)COc1cccc(C#N)c1. The van der Waals surface area contributed by atoms with Gasteiger partial charge in [0.15, 0.2) is 6.61 Å². The highest BCUT2D eigenvalue weighted by Gasteiger charge is 2.05. The zero-order valence-electron chi connectivity index (χ0n) is 11.1. The number of nitriles is 1. The van der Waals surface area contributed by atoms with Crippen molar-refractivity contribution in [1.82, 2.24) is 0 Å². The van der Waals surface area contributed by atoms with Gasteiger partial charge in [-0.15, -0.1) is 0 Å². The maximum atomic E-state index is 11.8. The Labute approximate surface area is 117 Å². The zero-order valence-corrected chi connectivity index (χ0v) is 11.1. The molecule has 0 aliphatic carbocycles. The molecule has 1 amide bonds. The van der Waals surface area contributed by atoms with Crippen molar-refractivity contribution in [2.45, 2.75) is 6.92 Å². The van der Waals surface area contributed by atoms with E-state index in [1.165, 1.54) is 0 Å². The summed E-state index contributed by atoms with van der Waals surface area (Å²) in [6, 6.07) is 16.3. The average molecular weight is 266 g/mol. The first kappa shape index (κ1) is 13.6. The van der Waals surface area contributed by atoms with Crippen LogP contribution in [0.15, 0.2) is 48.5 Å². The summed E-state index contributed by atoms with van der Waals surface area (Å²) < 4.78 is 5.36. The summed E-state index contributed by atoms with van der Waals surface area (Å²) in [6.07, 6.45) is 0. The van der Waals surface area contributed by atoms with Crippen LogP contribution in [0.3, 0.4) is 0 Å². The molecule has 20 heavy (non-hydrogen) atoms. The van der Waals surface area contributed by atoms with Gasteiger partial charge in [0.1, 0.15) is 5.75 Å². The van der Waals surface area contributed by atoms with Crippen LogP contribution in [-0.2, 0) is 4.79 Å². The number of para-hydroxylation sites is 1. The minimum Gasteiger partial charge on any atom is -0.484 e. The largest absolute Gasteiger partial charge is 0.484 e. The molecular formula is C16H14N2O2. The molecule has 0 saturated heterocycles. The molecule has 2 aromatic carbocycles. The Morgan fingerprint density at radius 1 is 1.25 bits per heavy atom. The van der Waals surface area contributed by atoms with Gasteiger partial charge in [-0.1, -0.05) is 24.3 Å². The fraction of sp³-hybridized carbons (Fsp3) is 0.125. The van der Waals surface area contributed by atoms with Crippen LogP contribution in [-0.4, -0.2) is 12.5 Å². The zero-order chi connectivity index (χ0) is 14.4. The molecule has 0 atom stereocenters. The summed E-state index contributed by atoms with van der Waals surface area (Å²) in [5, 5.41) is 11.6. The number of carbonyl (C=O) groups excluding carboxylic acids is 1. The smallest absolute Gasteiger partial charge is 0.262 e. The van der Waals surface area contributed by atoms with Crippen molar-refractivity contribution in [3.63, 3.8) is 0 Å². The van der Waals surface area contributed by atoms with Crippen LogP contribution in [0.2, 0.25) is 0 Å². The second kappa shape index (κ2) is 6.39. The number of rotatable bonds is 4. The number of nitrogens with zero attached hydrogens (tertiary/aromatic N) is 1. The topological polar surface area (TPSA) is 62.1 Å². The summed E-state index contributed by atoms with van der Waals surface area (Å²) in [5.74, 6) is 0.269. The number of hydrogen-bond donors (Lipinski definition) is 1. The van der Waals surface area contributed by atoms with E-state index in [0.29, 0.717) is 11.3 Å². The van der Waals surface area contributed by atoms with Crippen LogP contribution in [0.4, 0.5) is 5.69 Å². The summed E-state index contributed by atoms with van der Waals surface area (Å²) in [6.45, 7) is 1.83. The fourth-order valence-corrected chi connectivity index (χ4v) is 1.70. The first-order valence-corrected chi connectivity index (χ1v) is 6.17. The highest BCUT2D eigenvalue weighted by atomic mass is 16.5. The lowest BCUT2D eigenvalue weighted by Crippen LogP contribution is -2.20. The minimum atomic E-state index is -0.235. The Kier molecular flexibility index (Phi) is 4.35. The third-order valence-corrected chi connectivity index (χ3v) is 2.75. The molecule has 0 saturated carbocycles. The number of amides is 1. The Morgan fingerprint density at radius 3 is 2.80 bits per heavy atom. The van der Waals surface area contributed by atoms with Crippen molar-refractivity contribution in [3.8, 4) is 11.8 Å². The van der Waals surface area contributed by atoms with Gasteiger partial charge in [0.05, 0.1) is 11.6 Å². The molecule has 4 nitrogen and oxygen atoms in total. The normalized spacial score (nSPS) is 9.60. The highest BCUT2D eigenvalue weighted by Crippen LogP contribution is 2.14. The van der Waals surface area contributed by atoms with Crippen molar-refractivity contribution >= 4 is 11.6 Å². The lowest BCUT2D eigenvalue weighted by Gasteiger charge is -2.09. The van der Waals surface area contributed by atoms with Crippen molar-refractivity contribution in [1.29, 1.82) is 5.26 Å². The summed E-state index contributed by atoms with van der Waals surface area (Å²) in [5.41, 5.74) is 2.26. The summed E-state index contributed by atoms with van der Waals surface area (Å²) >= 11 is 0. The molecule has 0 aromatic heterocycles. The molecule has 0 unspecified atom stereocenters. The lowest BCUT2D eigenvalue weighted by atomic mass is 10.2. The van der Waals surface area contributed by atoms with E-state index < -0.39 is 0 Å². The predicted molar refractivity (Wildman–Crippen MR) is 76.5 cm³/mol. The van der Waals surface area contributed by atoms with Gasteiger partial charge in [-0.2, -0.15) is 5.26 Å². The van der Waals surface area contributed by atoms with Gasteiger partial charge in [0, 0.05) is 5.69 Å². The monoisotopic (exact) mass is 266 g/mol. The molecule has 0 bridgehead atoms. The van der Waals surface area contributed by atoms with E-state index in [4.69, 9.17) is 10.00 Å². The number of nitrogens with one attached hydrogen (secondary N) is 1. The molecule has 1 N–H and O–H groups in total. The maximum absolute atomic E-state index is 11.8. The van der Waals surface area contributed by atoms with Crippen LogP contribution >= 0.6 is 0 Å².